The van der Waals surface area contributed by atoms with Crippen LogP contribution < -0.4 is 5.73 Å². The van der Waals surface area contributed by atoms with Gasteiger partial charge in [-0.05, 0) is 31.0 Å². The molecule has 3 rings (SSSR count). The van der Waals surface area contributed by atoms with Crippen LogP contribution in [0.1, 0.15) is 24.5 Å². The maximum absolute atomic E-state index is 6.15. The Bertz CT molecular complexity index is 575. The van der Waals surface area contributed by atoms with Gasteiger partial charge in [0.15, 0.2) is 5.82 Å². The fourth-order valence-corrected chi connectivity index (χ4v) is 2.23. The number of rotatable bonds is 2. The van der Waals surface area contributed by atoms with Gasteiger partial charge >= 0.3 is 0 Å². The average molecular weight is 269 g/mol. The standard InChI is InChI=1S/C11H10Cl2N4/c12-7-3-4-8(13)9(5-7)17-10(6-1-2-6)11(14)15-16-17/h3-6H,1-2,14H2. The lowest BCUT2D eigenvalue weighted by Crippen LogP contribution is -2.03. The van der Waals surface area contributed by atoms with Gasteiger partial charge in [0.2, 0.25) is 0 Å². The predicted molar refractivity (Wildman–Crippen MR) is 67.8 cm³/mol. The second-order valence-electron chi connectivity index (χ2n) is 4.14. The molecule has 0 radical (unpaired) electrons. The van der Waals surface area contributed by atoms with Crippen molar-refractivity contribution in [3.8, 4) is 5.69 Å². The lowest BCUT2D eigenvalue weighted by Gasteiger charge is -2.08. The second-order valence-corrected chi connectivity index (χ2v) is 4.99. The van der Waals surface area contributed by atoms with Gasteiger partial charge in [-0.3, -0.25) is 0 Å². The number of nitrogens with zero attached hydrogens (tertiary/aromatic N) is 3. The lowest BCUT2D eigenvalue weighted by molar-refractivity contribution is 0.764. The summed E-state index contributed by atoms with van der Waals surface area (Å²) in [5.74, 6) is 0.920. The molecule has 1 fully saturated rings. The molecule has 0 aliphatic heterocycles. The van der Waals surface area contributed by atoms with E-state index in [9.17, 15) is 0 Å². The summed E-state index contributed by atoms with van der Waals surface area (Å²) in [4.78, 5) is 0. The minimum atomic E-state index is 0.444. The number of aromatic nitrogens is 3. The minimum absolute atomic E-state index is 0.444. The second kappa shape index (κ2) is 3.89. The molecule has 4 nitrogen and oxygen atoms in total. The third-order valence-electron chi connectivity index (χ3n) is 2.83. The van der Waals surface area contributed by atoms with Crippen LogP contribution in [0.15, 0.2) is 18.2 Å². The topological polar surface area (TPSA) is 56.7 Å². The van der Waals surface area contributed by atoms with Gasteiger partial charge in [-0.1, -0.05) is 28.4 Å². The summed E-state index contributed by atoms with van der Waals surface area (Å²) in [6, 6.07) is 5.25. The zero-order valence-electron chi connectivity index (χ0n) is 8.90. The Morgan fingerprint density at radius 2 is 2.06 bits per heavy atom. The Kier molecular flexibility index (Phi) is 2.49. The highest BCUT2D eigenvalue weighted by atomic mass is 35.5. The van der Waals surface area contributed by atoms with Gasteiger partial charge in [-0.25, -0.2) is 4.68 Å². The highest BCUT2D eigenvalue weighted by Crippen LogP contribution is 2.43. The molecule has 0 atom stereocenters. The van der Waals surface area contributed by atoms with E-state index in [1.54, 1.807) is 22.9 Å². The zero-order valence-corrected chi connectivity index (χ0v) is 10.4. The van der Waals surface area contributed by atoms with E-state index in [1.165, 1.54) is 0 Å². The normalized spacial score (nSPS) is 15.2. The molecule has 1 aromatic heterocycles. The van der Waals surface area contributed by atoms with Crippen molar-refractivity contribution >= 4 is 29.0 Å². The molecule has 0 unspecified atom stereocenters. The summed E-state index contributed by atoms with van der Waals surface area (Å²) < 4.78 is 1.70. The molecule has 0 amide bonds. The summed E-state index contributed by atoms with van der Waals surface area (Å²) in [6.45, 7) is 0. The monoisotopic (exact) mass is 268 g/mol. The van der Waals surface area contributed by atoms with Crippen LogP contribution in [-0.2, 0) is 0 Å². The number of halogens is 2. The molecule has 1 saturated carbocycles. The van der Waals surface area contributed by atoms with Crippen molar-refractivity contribution in [1.29, 1.82) is 0 Å². The molecule has 0 bridgehead atoms. The molecule has 0 spiro atoms. The van der Waals surface area contributed by atoms with E-state index in [1.807, 2.05) is 0 Å². The Hall–Kier alpha value is -1.26. The van der Waals surface area contributed by atoms with Crippen LogP contribution in [0.25, 0.3) is 5.69 Å². The zero-order chi connectivity index (χ0) is 12.0. The highest BCUT2D eigenvalue weighted by molar-refractivity contribution is 6.34. The molecule has 1 aliphatic carbocycles. The Balaban J connectivity index is 2.17. The van der Waals surface area contributed by atoms with Gasteiger partial charge in [-0.2, -0.15) is 0 Å². The van der Waals surface area contributed by atoms with E-state index in [0.29, 0.717) is 21.8 Å². The van der Waals surface area contributed by atoms with Gasteiger partial charge < -0.3 is 5.73 Å². The summed E-state index contributed by atoms with van der Waals surface area (Å²) in [5, 5.41) is 9.16. The van der Waals surface area contributed by atoms with E-state index >= 15 is 0 Å². The van der Waals surface area contributed by atoms with Crippen molar-refractivity contribution in [3.63, 3.8) is 0 Å². The van der Waals surface area contributed by atoms with Gasteiger partial charge in [0.05, 0.1) is 16.4 Å². The number of nitrogen functional groups attached to an aromatic ring is 1. The van der Waals surface area contributed by atoms with Crippen molar-refractivity contribution < 1.29 is 0 Å². The van der Waals surface area contributed by atoms with Crippen LogP contribution in [0.5, 0.6) is 0 Å². The molecule has 2 N–H and O–H groups in total. The maximum atomic E-state index is 6.15. The molecule has 1 aromatic carbocycles. The largest absolute Gasteiger partial charge is 0.381 e. The first-order valence-electron chi connectivity index (χ1n) is 5.33. The molecule has 1 heterocycles. The lowest BCUT2D eigenvalue weighted by atomic mass is 10.2. The molecular formula is C11H10Cl2N4. The van der Waals surface area contributed by atoms with Gasteiger partial charge in [0.25, 0.3) is 0 Å². The fraction of sp³-hybridized carbons (Fsp3) is 0.273. The van der Waals surface area contributed by atoms with Crippen LogP contribution in [0, 0.1) is 0 Å². The molecule has 2 aromatic rings. The average Bonchev–Trinajstić information content (AvgIpc) is 3.06. The minimum Gasteiger partial charge on any atom is -0.381 e. The van der Waals surface area contributed by atoms with Crippen LogP contribution in [-0.4, -0.2) is 15.0 Å². The quantitative estimate of drug-likeness (QED) is 0.911. The molecular weight excluding hydrogens is 259 g/mol. The Morgan fingerprint density at radius 3 is 2.76 bits per heavy atom. The first-order chi connectivity index (χ1) is 8.16. The highest BCUT2D eigenvalue weighted by Gasteiger charge is 2.31. The number of anilines is 1. The van der Waals surface area contributed by atoms with Gasteiger partial charge in [-0.15, -0.1) is 5.10 Å². The van der Waals surface area contributed by atoms with Crippen molar-refractivity contribution in [2.75, 3.05) is 5.73 Å². The van der Waals surface area contributed by atoms with Gasteiger partial charge in [0, 0.05) is 10.9 Å². The number of hydrogen-bond acceptors (Lipinski definition) is 3. The van der Waals surface area contributed by atoms with Crippen LogP contribution in [0.2, 0.25) is 10.0 Å². The molecule has 1 aliphatic rings. The summed E-state index contributed by atoms with van der Waals surface area (Å²) >= 11 is 12.1. The molecule has 6 heteroatoms. The summed E-state index contributed by atoms with van der Waals surface area (Å²) in [6.07, 6.45) is 2.24. The summed E-state index contributed by atoms with van der Waals surface area (Å²) in [5.41, 5.74) is 7.50. The number of hydrogen-bond donors (Lipinski definition) is 1. The first-order valence-corrected chi connectivity index (χ1v) is 6.09. The number of benzene rings is 1. The van der Waals surface area contributed by atoms with E-state index in [2.05, 4.69) is 10.3 Å². The maximum Gasteiger partial charge on any atom is 0.169 e. The van der Waals surface area contributed by atoms with E-state index in [0.717, 1.165) is 24.2 Å². The third-order valence-corrected chi connectivity index (χ3v) is 3.39. The van der Waals surface area contributed by atoms with Crippen molar-refractivity contribution in [2.45, 2.75) is 18.8 Å². The molecule has 88 valence electrons. The Labute approximate surface area is 108 Å². The fourth-order valence-electron chi connectivity index (χ4n) is 1.87. The Morgan fingerprint density at radius 1 is 1.29 bits per heavy atom. The number of nitrogens with two attached hydrogens (primary N) is 1. The summed E-state index contributed by atoms with van der Waals surface area (Å²) in [7, 11) is 0. The smallest absolute Gasteiger partial charge is 0.169 e. The van der Waals surface area contributed by atoms with E-state index < -0.39 is 0 Å². The molecule has 0 saturated heterocycles. The van der Waals surface area contributed by atoms with E-state index in [4.69, 9.17) is 28.9 Å². The van der Waals surface area contributed by atoms with Crippen molar-refractivity contribution in [2.24, 2.45) is 0 Å². The van der Waals surface area contributed by atoms with E-state index in [-0.39, 0.29) is 0 Å². The predicted octanol–water partition coefficient (Wildman–Crippen LogP) is 3.03. The SMILES string of the molecule is Nc1nnn(-c2cc(Cl)ccc2Cl)c1C1CC1. The van der Waals surface area contributed by atoms with Crippen molar-refractivity contribution in [3.05, 3.63) is 33.9 Å². The first kappa shape index (κ1) is 10.9. The molecule has 17 heavy (non-hydrogen) atoms. The van der Waals surface area contributed by atoms with Crippen LogP contribution in [0.3, 0.4) is 0 Å². The third kappa shape index (κ3) is 1.87. The van der Waals surface area contributed by atoms with Gasteiger partial charge in [0.1, 0.15) is 0 Å². The van der Waals surface area contributed by atoms with Crippen LogP contribution >= 0.6 is 23.2 Å². The van der Waals surface area contributed by atoms with Crippen molar-refractivity contribution in [1.82, 2.24) is 15.0 Å². The van der Waals surface area contributed by atoms with Crippen LogP contribution in [0.4, 0.5) is 5.82 Å².